The summed E-state index contributed by atoms with van der Waals surface area (Å²) in [6, 6.07) is 13.3. The highest BCUT2D eigenvalue weighted by Gasteiger charge is 2.29. The van der Waals surface area contributed by atoms with Crippen LogP contribution in [0.25, 0.3) is 0 Å². The molecule has 0 aliphatic carbocycles. The van der Waals surface area contributed by atoms with Crippen LogP contribution in [-0.4, -0.2) is 41.6 Å². The van der Waals surface area contributed by atoms with Gasteiger partial charge >= 0.3 is 6.09 Å². The minimum atomic E-state index is -0.560. The molecule has 0 bridgehead atoms. The van der Waals surface area contributed by atoms with Gasteiger partial charge in [-0.25, -0.2) is 4.79 Å². The SMILES string of the molecule is CC(C)(C)OC(=O)Nc1ccc(C#CC#Cc2ccc(C(=O)N[C@@H]3CNC3=O)cc2)cc1.O. The lowest BCUT2D eigenvalue weighted by atomic mass is 10.1. The number of β-lactam (4-membered cyclic amide) rings is 1. The van der Waals surface area contributed by atoms with Crippen LogP contribution in [0, 0.1) is 23.7 Å². The minimum Gasteiger partial charge on any atom is -0.444 e. The second-order valence-electron chi connectivity index (χ2n) is 8.05. The molecule has 0 unspecified atom stereocenters. The van der Waals surface area contributed by atoms with Crippen molar-refractivity contribution in [2.75, 3.05) is 11.9 Å². The number of carbonyl (C=O) groups is 3. The summed E-state index contributed by atoms with van der Waals surface area (Å²) in [6.45, 7) is 5.86. The van der Waals surface area contributed by atoms with E-state index in [0.29, 0.717) is 23.4 Å². The molecule has 0 radical (unpaired) electrons. The quantitative estimate of drug-likeness (QED) is 0.490. The highest BCUT2D eigenvalue weighted by molar-refractivity contribution is 5.99. The van der Waals surface area contributed by atoms with Gasteiger partial charge in [-0.3, -0.25) is 14.9 Å². The van der Waals surface area contributed by atoms with E-state index in [9.17, 15) is 14.4 Å². The van der Waals surface area contributed by atoms with Crippen molar-refractivity contribution in [2.45, 2.75) is 32.4 Å². The van der Waals surface area contributed by atoms with Gasteiger partial charge in [0.2, 0.25) is 5.91 Å². The van der Waals surface area contributed by atoms with Crippen LogP contribution in [0.5, 0.6) is 0 Å². The number of hydrogen-bond acceptors (Lipinski definition) is 4. The van der Waals surface area contributed by atoms with E-state index < -0.39 is 17.7 Å². The Bertz CT molecular complexity index is 1140. The Labute approximate surface area is 192 Å². The van der Waals surface area contributed by atoms with E-state index in [-0.39, 0.29) is 17.3 Å². The van der Waals surface area contributed by atoms with E-state index in [1.165, 1.54) is 0 Å². The Balaban J connectivity index is 0.00000385. The molecule has 2 aromatic carbocycles. The van der Waals surface area contributed by atoms with Crippen molar-refractivity contribution in [3.63, 3.8) is 0 Å². The molecule has 3 amide bonds. The van der Waals surface area contributed by atoms with Crippen molar-refractivity contribution < 1.29 is 24.6 Å². The van der Waals surface area contributed by atoms with Gasteiger partial charge < -0.3 is 20.8 Å². The van der Waals surface area contributed by atoms with Gasteiger partial charge in [-0.1, -0.05) is 11.8 Å². The summed E-state index contributed by atoms with van der Waals surface area (Å²) in [5, 5.41) is 7.89. The van der Waals surface area contributed by atoms with Crippen molar-refractivity contribution in [2.24, 2.45) is 0 Å². The summed E-state index contributed by atoms with van der Waals surface area (Å²) in [6.07, 6.45) is -0.515. The first-order valence-corrected chi connectivity index (χ1v) is 10.0. The third-order valence-corrected chi connectivity index (χ3v) is 4.26. The fourth-order valence-electron chi connectivity index (χ4n) is 2.62. The molecule has 3 rings (SSSR count). The van der Waals surface area contributed by atoms with Crippen LogP contribution < -0.4 is 16.0 Å². The van der Waals surface area contributed by atoms with E-state index in [4.69, 9.17) is 4.74 Å². The van der Waals surface area contributed by atoms with E-state index >= 15 is 0 Å². The van der Waals surface area contributed by atoms with Crippen LogP contribution in [0.4, 0.5) is 10.5 Å². The first-order chi connectivity index (χ1) is 15.2. The second kappa shape index (κ2) is 10.9. The molecule has 8 nitrogen and oxygen atoms in total. The van der Waals surface area contributed by atoms with Gasteiger partial charge in [0.25, 0.3) is 5.91 Å². The Morgan fingerprint density at radius 3 is 1.97 bits per heavy atom. The van der Waals surface area contributed by atoms with Gasteiger partial charge in [0.05, 0.1) is 0 Å². The average molecular weight is 447 g/mol. The van der Waals surface area contributed by atoms with Crippen LogP contribution in [0.15, 0.2) is 48.5 Å². The molecule has 170 valence electrons. The molecule has 2 aromatic rings. The zero-order valence-corrected chi connectivity index (χ0v) is 18.5. The molecular weight excluding hydrogens is 422 g/mol. The molecule has 0 aromatic heterocycles. The Hall–Kier alpha value is -4.27. The molecule has 1 atom stereocenters. The number of amides is 3. The molecule has 5 N–H and O–H groups in total. The third-order valence-electron chi connectivity index (χ3n) is 4.26. The van der Waals surface area contributed by atoms with E-state index in [2.05, 4.69) is 39.6 Å². The van der Waals surface area contributed by atoms with Gasteiger partial charge in [-0.15, -0.1) is 0 Å². The average Bonchev–Trinajstić information content (AvgIpc) is 2.74. The number of nitrogens with one attached hydrogen (secondary N) is 3. The van der Waals surface area contributed by atoms with E-state index in [0.717, 1.165) is 5.56 Å². The van der Waals surface area contributed by atoms with Crippen LogP contribution in [0.1, 0.15) is 42.3 Å². The van der Waals surface area contributed by atoms with Crippen molar-refractivity contribution in [3.05, 3.63) is 65.2 Å². The van der Waals surface area contributed by atoms with Crippen LogP contribution in [0.3, 0.4) is 0 Å². The highest BCUT2D eigenvalue weighted by atomic mass is 16.6. The normalized spacial score (nSPS) is 13.9. The summed E-state index contributed by atoms with van der Waals surface area (Å²) in [7, 11) is 0. The second-order valence-corrected chi connectivity index (χ2v) is 8.05. The van der Waals surface area contributed by atoms with Gasteiger partial charge in [-0.2, -0.15) is 0 Å². The molecule has 1 fully saturated rings. The van der Waals surface area contributed by atoms with Crippen molar-refractivity contribution in [3.8, 4) is 23.7 Å². The Morgan fingerprint density at radius 1 is 0.970 bits per heavy atom. The number of hydrogen-bond donors (Lipinski definition) is 3. The molecule has 0 spiro atoms. The highest BCUT2D eigenvalue weighted by Crippen LogP contribution is 2.12. The molecule has 1 heterocycles. The lowest BCUT2D eigenvalue weighted by Gasteiger charge is -2.26. The standard InChI is InChI=1S/C25H23N3O4.H2O/c1-25(2,3)32-24(31)27-20-14-10-18(11-15-20)7-5-4-6-17-8-12-19(13-9-17)22(29)28-21-16-26-23(21)30;/h8-15,21H,16H2,1-3H3,(H,26,30)(H,27,31)(H,28,29);1H2/t21-;/m1./s1. The van der Waals surface area contributed by atoms with Crippen molar-refractivity contribution in [1.82, 2.24) is 10.6 Å². The van der Waals surface area contributed by atoms with Gasteiger partial charge in [0.15, 0.2) is 0 Å². The number of benzene rings is 2. The smallest absolute Gasteiger partial charge is 0.412 e. The monoisotopic (exact) mass is 447 g/mol. The summed E-state index contributed by atoms with van der Waals surface area (Å²) in [5.41, 5.74) is 1.98. The van der Waals surface area contributed by atoms with Crippen LogP contribution >= 0.6 is 0 Å². The largest absolute Gasteiger partial charge is 0.444 e. The molecule has 1 aliphatic rings. The lowest BCUT2D eigenvalue weighted by Crippen LogP contribution is -2.61. The maximum absolute atomic E-state index is 12.1. The lowest BCUT2D eigenvalue weighted by molar-refractivity contribution is -0.128. The summed E-state index contributed by atoms with van der Waals surface area (Å²) >= 11 is 0. The van der Waals surface area contributed by atoms with Crippen molar-refractivity contribution >= 4 is 23.6 Å². The fraction of sp³-hybridized carbons (Fsp3) is 0.240. The number of anilines is 1. The van der Waals surface area contributed by atoms with E-state index in [1.54, 1.807) is 69.3 Å². The zero-order valence-electron chi connectivity index (χ0n) is 18.5. The van der Waals surface area contributed by atoms with Crippen LogP contribution in [0.2, 0.25) is 0 Å². The molecule has 1 saturated heterocycles. The van der Waals surface area contributed by atoms with Gasteiger partial charge in [-0.05, 0) is 81.1 Å². The first kappa shape index (κ1) is 25.0. The third kappa shape index (κ3) is 7.73. The molecule has 1 aliphatic heterocycles. The Morgan fingerprint density at radius 2 is 1.52 bits per heavy atom. The summed E-state index contributed by atoms with van der Waals surface area (Å²) in [4.78, 5) is 35.1. The fourth-order valence-corrected chi connectivity index (χ4v) is 2.62. The number of rotatable bonds is 3. The molecule has 8 heteroatoms. The maximum Gasteiger partial charge on any atom is 0.412 e. The molecular formula is C25H25N3O5. The number of carbonyl (C=O) groups excluding carboxylic acids is 3. The Kier molecular flexibility index (Phi) is 8.22. The van der Waals surface area contributed by atoms with Gasteiger partial charge in [0.1, 0.15) is 11.6 Å². The zero-order chi connectivity index (χ0) is 23.1. The topological polar surface area (TPSA) is 128 Å². The predicted molar refractivity (Wildman–Crippen MR) is 124 cm³/mol. The summed E-state index contributed by atoms with van der Waals surface area (Å²) in [5.74, 6) is 10.9. The maximum atomic E-state index is 12.1. The van der Waals surface area contributed by atoms with Crippen LogP contribution in [-0.2, 0) is 9.53 Å². The number of ether oxygens (including phenoxy) is 1. The van der Waals surface area contributed by atoms with Gasteiger partial charge in [0, 0.05) is 28.9 Å². The first-order valence-electron chi connectivity index (χ1n) is 10.0. The molecule has 0 saturated carbocycles. The summed E-state index contributed by atoms with van der Waals surface area (Å²) < 4.78 is 5.21. The van der Waals surface area contributed by atoms with E-state index in [1.807, 2.05) is 0 Å². The predicted octanol–water partition coefficient (Wildman–Crippen LogP) is 1.84. The molecule has 33 heavy (non-hydrogen) atoms. The van der Waals surface area contributed by atoms with Crippen molar-refractivity contribution in [1.29, 1.82) is 0 Å². The minimum absolute atomic E-state index is 0.